The molecule has 1 heterocycles. The second-order valence-corrected chi connectivity index (χ2v) is 13.8. The van der Waals surface area contributed by atoms with E-state index >= 15 is 0 Å². The molecular weight excluding hydrogens is 500 g/mol. The van der Waals surface area contributed by atoms with Crippen molar-refractivity contribution < 1.29 is 23.1 Å². The molecule has 0 amide bonds. The lowest BCUT2D eigenvalue weighted by molar-refractivity contribution is -0.128. The van der Waals surface area contributed by atoms with E-state index < -0.39 is 33.1 Å². The van der Waals surface area contributed by atoms with Gasteiger partial charge in [-0.25, -0.2) is 18.1 Å². The zero-order valence-electron chi connectivity index (χ0n) is 22.6. The van der Waals surface area contributed by atoms with Crippen LogP contribution in [0.3, 0.4) is 0 Å². The van der Waals surface area contributed by atoms with Crippen molar-refractivity contribution in [3.63, 3.8) is 0 Å². The lowest BCUT2D eigenvalue weighted by Crippen LogP contribution is -2.50. The average Bonchev–Trinajstić information content (AvgIpc) is 3.52. The molecule has 2 aromatic rings. The number of fused-ring (bicyclic) bond motifs is 2. The molecule has 2 saturated carbocycles. The van der Waals surface area contributed by atoms with Crippen LogP contribution in [0.4, 0.5) is 0 Å². The van der Waals surface area contributed by atoms with Crippen molar-refractivity contribution in [1.29, 1.82) is 0 Å². The van der Waals surface area contributed by atoms with E-state index in [9.17, 15) is 18.3 Å². The van der Waals surface area contributed by atoms with E-state index in [1.165, 1.54) is 0 Å². The van der Waals surface area contributed by atoms with Crippen LogP contribution in [0.1, 0.15) is 58.1 Å². The number of rotatable bonds is 9. The smallest absolute Gasteiger partial charge is 0.213 e. The molecule has 0 radical (unpaired) electrons. The molecule has 2 aliphatic carbocycles. The Labute approximate surface area is 225 Å². The van der Waals surface area contributed by atoms with E-state index in [-0.39, 0.29) is 41.3 Å². The highest BCUT2D eigenvalue weighted by Crippen LogP contribution is 2.64. The first-order valence-electron chi connectivity index (χ1n) is 13.5. The molecule has 2 aromatic carbocycles. The average molecular weight is 539 g/mol. The molecule has 2 fully saturated rings. The van der Waals surface area contributed by atoms with E-state index in [2.05, 4.69) is 4.72 Å². The number of carbonyl (C=O) groups excluding carboxylic acids is 1. The molecule has 2 bridgehead atoms. The molecular formula is C30H38N2O5S. The van der Waals surface area contributed by atoms with Gasteiger partial charge in [0.05, 0.1) is 11.8 Å². The molecule has 2 N–H and O–H groups in total. The molecule has 4 atom stereocenters. The fourth-order valence-corrected chi connectivity index (χ4v) is 9.02. The Balaban J connectivity index is 1.44. The number of aliphatic imine (C=N–C) groups is 1. The molecule has 204 valence electrons. The van der Waals surface area contributed by atoms with E-state index in [4.69, 9.17) is 9.73 Å². The largest absolute Gasteiger partial charge is 0.477 e. The summed E-state index contributed by atoms with van der Waals surface area (Å²) in [5, 5.41) is 12.1. The van der Waals surface area contributed by atoms with E-state index in [1.54, 1.807) is 0 Å². The van der Waals surface area contributed by atoms with Crippen LogP contribution in [0, 0.1) is 22.7 Å². The number of nitrogens with zero attached hydrogens (tertiary/aromatic N) is 1. The van der Waals surface area contributed by atoms with Gasteiger partial charge in [-0.3, -0.25) is 4.79 Å². The summed E-state index contributed by atoms with van der Waals surface area (Å²) < 4.78 is 36.0. The standard InChI is InChI=1S/C30H38N2O5S/c1-20(2)26(32-38(35,36)19-29-16-15-23(17-25(29)33)28(29,3)4)27-31-24(18-37-27)30(34,21-11-7-5-8-12-21)22-13-9-6-10-14-22/h5-14,20,23-24,26,32,34H,15-19H2,1-4H3/t23-,24-,26+,29-/m0/s1. The number of hydrogen-bond donors (Lipinski definition) is 2. The summed E-state index contributed by atoms with van der Waals surface area (Å²) in [4.78, 5) is 17.8. The van der Waals surface area contributed by atoms with Crippen LogP contribution >= 0.6 is 0 Å². The van der Waals surface area contributed by atoms with Crippen molar-refractivity contribution >= 4 is 21.7 Å². The van der Waals surface area contributed by atoms with Gasteiger partial charge in [-0.1, -0.05) is 88.4 Å². The molecule has 0 aromatic heterocycles. The van der Waals surface area contributed by atoms with Gasteiger partial charge < -0.3 is 9.84 Å². The third kappa shape index (κ3) is 4.31. The number of carbonyl (C=O) groups is 1. The number of ketones is 1. The molecule has 0 saturated heterocycles. The predicted octanol–water partition coefficient (Wildman–Crippen LogP) is 4.06. The Kier molecular flexibility index (Phi) is 6.81. The molecule has 5 rings (SSSR count). The van der Waals surface area contributed by atoms with E-state index in [0.717, 1.165) is 6.42 Å². The number of ether oxygens (including phenoxy) is 1. The maximum atomic E-state index is 13.6. The number of nitrogens with one attached hydrogen (secondary N) is 1. The number of benzene rings is 2. The lowest BCUT2D eigenvalue weighted by Gasteiger charge is -2.36. The summed E-state index contributed by atoms with van der Waals surface area (Å²) in [5.74, 6) is 0.182. The first kappa shape index (κ1) is 27.0. The minimum atomic E-state index is -3.85. The number of aliphatic hydroxyl groups is 1. The monoisotopic (exact) mass is 538 g/mol. The van der Waals surface area contributed by atoms with Gasteiger partial charge >= 0.3 is 0 Å². The fraction of sp³-hybridized carbons (Fsp3) is 0.533. The van der Waals surface area contributed by atoms with Gasteiger partial charge in [-0.05, 0) is 41.2 Å². The van der Waals surface area contributed by atoms with Crippen molar-refractivity contribution in [2.45, 2.75) is 64.6 Å². The summed E-state index contributed by atoms with van der Waals surface area (Å²) in [7, 11) is -3.85. The van der Waals surface area contributed by atoms with Gasteiger partial charge in [-0.2, -0.15) is 0 Å². The van der Waals surface area contributed by atoms with Crippen molar-refractivity contribution in [3.8, 4) is 0 Å². The van der Waals surface area contributed by atoms with Gasteiger partial charge in [0.25, 0.3) is 0 Å². The highest BCUT2D eigenvalue weighted by molar-refractivity contribution is 7.89. The summed E-state index contributed by atoms with van der Waals surface area (Å²) in [6.45, 7) is 7.99. The Morgan fingerprint density at radius 3 is 2.13 bits per heavy atom. The third-order valence-corrected chi connectivity index (χ3v) is 10.9. The van der Waals surface area contributed by atoms with Crippen molar-refractivity contribution in [2.24, 2.45) is 27.7 Å². The van der Waals surface area contributed by atoms with Crippen LogP contribution in [0.5, 0.6) is 0 Å². The van der Waals surface area contributed by atoms with Crippen molar-refractivity contribution in [3.05, 3.63) is 71.8 Å². The first-order chi connectivity index (χ1) is 17.9. The van der Waals surface area contributed by atoms with Crippen molar-refractivity contribution in [2.75, 3.05) is 12.4 Å². The van der Waals surface area contributed by atoms with Crippen LogP contribution in [-0.2, 0) is 25.2 Å². The topological polar surface area (TPSA) is 105 Å². The minimum Gasteiger partial charge on any atom is -0.477 e. The van der Waals surface area contributed by atoms with Crippen molar-refractivity contribution in [1.82, 2.24) is 4.72 Å². The van der Waals surface area contributed by atoms with Crippen LogP contribution in [0.25, 0.3) is 0 Å². The quantitative estimate of drug-likeness (QED) is 0.501. The Bertz CT molecular complexity index is 1280. The highest BCUT2D eigenvalue weighted by Gasteiger charge is 2.65. The highest BCUT2D eigenvalue weighted by atomic mass is 32.2. The summed E-state index contributed by atoms with van der Waals surface area (Å²) in [6, 6.07) is 17.3. The summed E-state index contributed by atoms with van der Waals surface area (Å²) in [6.07, 6.45) is 1.96. The Morgan fingerprint density at radius 1 is 1.08 bits per heavy atom. The van der Waals surface area contributed by atoms with E-state index in [1.807, 2.05) is 88.4 Å². The van der Waals surface area contributed by atoms with Crippen LogP contribution in [0.15, 0.2) is 65.7 Å². The minimum absolute atomic E-state index is 0.0653. The number of sulfonamides is 1. The van der Waals surface area contributed by atoms with E-state index in [0.29, 0.717) is 24.0 Å². The van der Waals surface area contributed by atoms with Gasteiger partial charge in [-0.15, -0.1) is 0 Å². The molecule has 1 aliphatic heterocycles. The predicted molar refractivity (Wildman–Crippen MR) is 147 cm³/mol. The maximum Gasteiger partial charge on any atom is 0.213 e. The molecule has 0 unspecified atom stereocenters. The number of hydrogen-bond acceptors (Lipinski definition) is 6. The summed E-state index contributed by atoms with van der Waals surface area (Å²) >= 11 is 0. The SMILES string of the molecule is CC(C)[C@@H](NS(=O)(=O)C[C@@]12CC[C@@H](CC1=O)C2(C)C)C1=N[C@H](C(O)(c2ccccc2)c2ccccc2)CO1. The van der Waals surface area contributed by atoms with Gasteiger partial charge in [0, 0.05) is 11.8 Å². The molecule has 7 nitrogen and oxygen atoms in total. The molecule has 0 spiro atoms. The van der Waals surface area contributed by atoms with Crippen LogP contribution in [-0.4, -0.2) is 49.6 Å². The normalized spacial score (nSPS) is 27.4. The third-order valence-electron chi connectivity index (χ3n) is 9.40. The van der Waals surface area contributed by atoms with Crippen LogP contribution in [0.2, 0.25) is 0 Å². The van der Waals surface area contributed by atoms with Gasteiger partial charge in [0.2, 0.25) is 15.9 Å². The number of Topliss-reactive ketones (excluding diaryl/α,β-unsaturated/α-hetero) is 1. The van der Waals surface area contributed by atoms with Crippen LogP contribution < -0.4 is 4.72 Å². The molecule has 8 heteroatoms. The second kappa shape index (κ2) is 9.57. The fourth-order valence-electron chi connectivity index (χ4n) is 6.85. The van der Waals surface area contributed by atoms with Gasteiger partial charge in [0.15, 0.2) is 0 Å². The first-order valence-corrected chi connectivity index (χ1v) is 15.1. The zero-order chi connectivity index (χ0) is 27.3. The Hall–Kier alpha value is -2.55. The maximum absolute atomic E-state index is 13.6. The summed E-state index contributed by atoms with van der Waals surface area (Å²) in [5.41, 5.74) is -1.29. The zero-order valence-corrected chi connectivity index (χ0v) is 23.4. The Morgan fingerprint density at radius 2 is 1.66 bits per heavy atom. The molecule has 3 aliphatic rings. The lowest BCUT2D eigenvalue weighted by atomic mass is 9.70. The second-order valence-electron chi connectivity index (χ2n) is 12.1. The molecule has 38 heavy (non-hydrogen) atoms. The van der Waals surface area contributed by atoms with Gasteiger partial charge in [0.1, 0.15) is 24.0 Å².